The van der Waals surface area contributed by atoms with Gasteiger partial charge in [0.05, 0.1) is 12.2 Å². The van der Waals surface area contributed by atoms with Crippen molar-refractivity contribution in [3.05, 3.63) is 108 Å². The molecule has 0 unspecified atom stereocenters. The Balaban J connectivity index is 1.58. The summed E-state index contributed by atoms with van der Waals surface area (Å²) in [5.74, 6) is -0.191. The lowest BCUT2D eigenvalue weighted by Crippen LogP contribution is -2.24. The first kappa shape index (κ1) is 18.6. The summed E-state index contributed by atoms with van der Waals surface area (Å²) in [5.41, 5.74) is 5.28. The van der Waals surface area contributed by atoms with Crippen LogP contribution in [0.2, 0.25) is 0 Å². The van der Waals surface area contributed by atoms with E-state index in [1.165, 1.54) is 5.56 Å². The molecule has 0 radical (unpaired) electrons. The maximum Gasteiger partial charge on any atom is 0.270 e. The number of rotatable bonds is 6. The molecule has 0 saturated heterocycles. The van der Waals surface area contributed by atoms with Crippen LogP contribution >= 0.6 is 0 Å². The number of hydrogen-bond acceptors (Lipinski definition) is 3. The Bertz CT molecular complexity index is 1100. The van der Waals surface area contributed by atoms with Gasteiger partial charge in [0, 0.05) is 29.6 Å². The van der Waals surface area contributed by atoms with E-state index < -0.39 is 0 Å². The van der Waals surface area contributed by atoms with Crippen LogP contribution in [0.25, 0.3) is 11.3 Å². The second-order valence-corrected chi connectivity index (χ2v) is 6.90. The van der Waals surface area contributed by atoms with Crippen molar-refractivity contribution in [1.82, 2.24) is 20.1 Å². The average Bonchev–Trinajstić information content (AvgIpc) is 3.16. The first-order valence-electron chi connectivity index (χ1n) is 9.56. The number of benzene rings is 2. The summed E-state index contributed by atoms with van der Waals surface area (Å²) in [7, 11) is 0. The van der Waals surface area contributed by atoms with Crippen LogP contribution in [0.5, 0.6) is 0 Å². The van der Waals surface area contributed by atoms with E-state index in [0.717, 1.165) is 22.5 Å². The van der Waals surface area contributed by atoms with Crippen LogP contribution in [0.3, 0.4) is 0 Å². The Labute approximate surface area is 170 Å². The molecule has 29 heavy (non-hydrogen) atoms. The lowest BCUT2D eigenvalue weighted by Gasteiger charge is -2.06. The molecule has 0 spiro atoms. The van der Waals surface area contributed by atoms with Gasteiger partial charge in [-0.15, -0.1) is 0 Å². The van der Waals surface area contributed by atoms with Gasteiger partial charge >= 0.3 is 0 Å². The lowest BCUT2D eigenvalue weighted by atomic mass is 10.1. The van der Waals surface area contributed by atoms with Gasteiger partial charge < -0.3 is 5.32 Å². The van der Waals surface area contributed by atoms with Gasteiger partial charge in [0.1, 0.15) is 5.69 Å². The largest absolute Gasteiger partial charge is 0.346 e. The van der Waals surface area contributed by atoms with E-state index in [0.29, 0.717) is 18.8 Å². The van der Waals surface area contributed by atoms with E-state index >= 15 is 0 Å². The molecule has 4 aromatic rings. The lowest BCUT2D eigenvalue weighted by molar-refractivity contribution is 0.0946. The Morgan fingerprint density at radius 3 is 2.38 bits per heavy atom. The van der Waals surface area contributed by atoms with Crippen LogP contribution in [0.15, 0.2) is 85.1 Å². The molecule has 2 aromatic carbocycles. The topological polar surface area (TPSA) is 59.8 Å². The van der Waals surface area contributed by atoms with Crippen molar-refractivity contribution < 1.29 is 4.79 Å². The molecule has 0 atom stereocenters. The van der Waals surface area contributed by atoms with Crippen molar-refractivity contribution >= 4 is 5.91 Å². The molecule has 5 heteroatoms. The van der Waals surface area contributed by atoms with Crippen LogP contribution in [-0.4, -0.2) is 20.7 Å². The SMILES string of the molecule is Cc1cccc(C(=O)NCc2cn(Cc3ccccc3)nc2-c2ccccc2)n1. The number of amides is 1. The number of hydrogen-bond donors (Lipinski definition) is 1. The first-order valence-corrected chi connectivity index (χ1v) is 9.56. The molecule has 2 aromatic heterocycles. The zero-order chi connectivity index (χ0) is 20.1. The standard InChI is InChI=1S/C24H22N4O/c1-18-9-8-14-22(26-18)24(29)25-15-21-17-28(16-19-10-4-2-5-11-19)27-23(21)20-12-6-3-7-13-20/h2-14,17H,15-16H2,1H3,(H,25,29). The fraction of sp³-hybridized carbons (Fsp3) is 0.125. The summed E-state index contributed by atoms with van der Waals surface area (Å²) in [4.78, 5) is 16.8. The number of carbonyl (C=O) groups excluding carboxylic acids is 1. The third-order valence-electron chi connectivity index (χ3n) is 4.63. The normalized spacial score (nSPS) is 10.7. The number of nitrogens with one attached hydrogen (secondary N) is 1. The second kappa shape index (κ2) is 8.52. The highest BCUT2D eigenvalue weighted by atomic mass is 16.1. The van der Waals surface area contributed by atoms with Gasteiger partial charge in [0.2, 0.25) is 0 Å². The molecule has 1 N–H and O–H groups in total. The number of aromatic nitrogens is 3. The molecule has 0 fully saturated rings. The third kappa shape index (κ3) is 4.58. The van der Waals surface area contributed by atoms with Crippen LogP contribution < -0.4 is 5.32 Å². The predicted octanol–water partition coefficient (Wildman–Crippen LogP) is 4.23. The van der Waals surface area contributed by atoms with E-state index in [9.17, 15) is 4.79 Å². The van der Waals surface area contributed by atoms with Crippen molar-refractivity contribution in [1.29, 1.82) is 0 Å². The van der Waals surface area contributed by atoms with E-state index in [-0.39, 0.29) is 5.91 Å². The quantitative estimate of drug-likeness (QED) is 0.543. The van der Waals surface area contributed by atoms with Gasteiger partial charge in [0.15, 0.2) is 0 Å². The minimum Gasteiger partial charge on any atom is -0.346 e. The van der Waals surface area contributed by atoms with Gasteiger partial charge in [-0.2, -0.15) is 5.10 Å². The fourth-order valence-electron chi connectivity index (χ4n) is 3.22. The molecule has 0 aliphatic carbocycles. The summed E-state index contributed by atoms with van der Waals surface area (Å²) < 4.78 is 1.92. The summed E-state index contributed by atoms with van der Waals surface area (Å²) in [6.07, 6.45) is 2.00. The highest BCUT2D eigenvalue weighted by molar-refractivity contribution is 5.92. The summed E-state index contributed by atoms with van der Waals surface area (Å²) in [6, 6.07) is 25.7. The number of nitrogens with zero attached hydrogens (tertiary/aromatic N) is 3. The van der Waals surface area contributed by atoms with Crippen molar-refractivity contribution in [3.8, 4) is 11.3 Å². The van der Waals surface area contributed by atoms with Gasteiger partial charge in [0.25, 0.3) is 5.91 Å². The minimum atomic E-state index is -0.191. The van der Waals surface area contributed by atoms with Crippen molar-refractivity contribution in [2.45, 2.75) is 20.0 Å². The highest BCUT2D eigenvalue weighted by Gasteiger charge is 2.14. The van der Waals surface area contributed by atoms with Crippen LogP contribution in [0.1, 0.15) is 27.3 Å². The maximum absolute atomic E-state index is 12.5. The predicted molar refractivity (Wildman–Crippen MR) is 113 cm³/mol. The number of carbonyl (C=O) groups is 1. The minimum absolute atomic E-state index is 0.191. The van der Waals surface area contributed by atoms with Crippen molar-refractivity contribution in [3.63, 3.8) is 0 Å². The zero-order valence-electron chi connectivity index (χ0n) is 16.2. The summed E-state index contributed by atoms with van der Waals surface area (Å²) in [6.45, 7) is 2.93. The second-order valence-electron chi connectivity index (χ2n) is 6.90. The summed E-state index contributed by atoms with van der Waals surface area (Å²) in [5, 5.41) is 7.77. The fourth-order valence-corrected chi connectivity index (χ4v) is 3.22. The van der Waals surface area contributed by atoms with E-state index in [2.05, 4.69) is 22.4 Å². The van der Waals surface area contributed by atoms with Gasteiger partial charge in [-0.1, -0.05) is 66.7 Å². The van der Waals surface area contributed by atoms with Crippen LogP contribution in [0.4, 0.5) is 0 Å². The van der Waals surface area contributed by atoms with Crippen molar-refractivity contribution in [2.75, 3.05) is 0 Å². The van der Waals surface area contributed by atoms with Gasteiger partial charge in [-0.25, -0.2) is 4.98 Å². The van der Waals surface area contributed by atoms with E-state index in [4.69, 9.17) is 5.10 Å². The van der Waals surface area contributed by atoms with Crippen LogP contribution in [0, 0.1) is 6.92 Å². The highest BCUT2D eigenvalue weighted by Crippen LogP contribution is 2.22. The smallest absolute Gasteiger partial charge is 0.270 e. The zero-order valence-corrected chi connectivity index (χ0v) is 16.2. The molecular weight excluding hydrogens is 360 g/mol. The van der Waals surface area contributed by atoms with Crippen LogP contribution in [-0.2, 0) is 13.1 Å². The average molecular weight is 382 g/mol. The Kier molecular flexibility index (Phi) is 5.47. The number of aryl methyl sites for hydroxylation is 1. The monoisotopic (exact) mass is 382 g/mol. The van der Waals surface area contributed by atoms with Crippen molar-refractivity contribution in [2.24, 2.45) is 0 Å². The summed E-state index contributed by atoms with van der Waals surface area (Å²) >= 11 is 0. The molecule has 0 bridgehead atoms. The molecule has 144 valence electrons. The number of pyridine rings is 1. The Hall–Kier alpha value is -3.73. The molecule has 0 aliphatic heterocycles. The maximum atomic E-state index is 12.5. The Morgan fingerprint density at radius 2 is 1.66 bits per heavy atom. The third-order valence-corrected chi connectivity index (χ3v) is 4.63. The molecule has 0 aliphatic rings. The molecule has 5 nitrogen and oxygen atoms in total. The van der Waals surface area contributed by atoms with Gasteiger partial charge in [-0.05, 0) is 24.6 Å². The Morgan fingerprint density at radius 1 is 0.931 bits per heavy atom. The first-order chi connectivity index (χ1) is 14.2. The molecule has 1 amide bonds. The van der Waals surface area contributed by atoms with E-state index in [1.807, 2.05) is 78.5 Å². The van der Waals surface area contributed by atoms with E-state index in [1.54, 1.807) is 6.07 Å². The van der Waals surface area contributed by atoms with Gasteiger partial charge in [-0.3, -0.25) is 9.48 Å². The molecule has 4 rings (SSSR count). The molecule has 0 saturated carbocycles. The molecular formula is C24H22N4O. The molecule has 2 heterocycles.